The Kier molecular flexibility index (Phi) is 6.38. The number of carbonyl (C=O) groups is 1. The maximum absolute atomic E-state index is 12.2. The molecule has 0 bridgehead atoms. The Bertz CT molecular complexity index is 664. The first-order chi connectivity index (χ1) is 11.1. The number of benzene rings is 1. The molecule has 23 heavy (non-hydrogen) atoms. The summed E-state index contributed by atoms with van der Waals surface area (Å²) in [5, 5.41) is 12.9. The fourth-order valence-corrected chi connectivity index (χ4v) is 2.38. The van der Waals surface area contributed by atoms with E-state index in [9.17, 15) is 9.90 Å². The zero-order chi connectivity index (χ0) is 16.7. The maximum atomic E-state index is 12.2. The van der Waals surface area contributed by atoms with Gasteiger partial charge in [0.15, 0.2) is 0 Å². The standard InChI is InChI=1S/C17H19ClN2O3/c1-23-15-4-2-3-14(8-15)17(22)20-9-12(11-21)7-13-5-6-19-10-16(13)18/h2-6,8,10,12,21H,7,9,11H2,1H3,(H,20,22)/t12-/m0/s1. The van der Waals surface area contributed by atoms with Gasteiger partial charge in [-0.3, -0.25) is 9.78 Å². The number of pyridine rings is 1. The van der Waals surface area contributed by atoms with E-state index < -0.39 is 0 Å². The van der Waals surface area contributed by atoms with Crippen LogP contribution in [0.1, 0.15) is 15.9 Å². The van der Waals surface area contributed by atoms with Crippen molar-refractivity contribution in [2.24, 2.45) is 5.92 Å². The molecule has 2 N–H and O–H groups in total. The van der Waals surface area contributed by atoms with Crippen molar-refractivity contribution in [3.05, 3.63) is 58.9 Å². The third-order valence-corrected chi connectivity index (χ3v) is 3.85. The first-order valence-corrected chi connectivity index (χ1v) is 7.63. The topological polar surface area (TPSA) is 71.5 Å². The van der Waals surface area contributed by atoms with Crippen molar-refractivity contribution < 1.29 is 14.6 Å². The smallest absolute Gasteiger partial charge is 0.251 e. The molecule has 0 spiro atoms. The summed E-state index contributed by atoms with van der Waals surface area (Å²) in [7, 11) is 1.55. The lowest BCUT2D eigenvalue weighted by Crippen LogP contribution is -2.31. The zero-order valence-corrected chi connectivity index (χ0v) is 13.6. The van der Waals surface area contributed by atoms with Crippen LogP contribution in [0, 0.1) is 5.92 Å². The molecular formula is C17H19ClN2O3. The Morgan fingerprint density at radius 3 is 2.96 bits per heavy atom. The first kappa shape index (κ1) is 17.2. The molecule has 1 atom stereocenters. The number of halogens is 1. The minimum absolute atomic E-state index is 0.0446. The summed E-state index contributed by atoms with van der Waals surface area (Å²) in [5.41, 5.74) is 1.42. The van der Waals surface area contributed by atoms with Gasteiger partial charge in [0.2, 0.25) is 0 Å². The quantitative estimate of drug-likeness (QED) is 0.815. The Morgan fingerprint density at radius 1 is 1.43 bits per heavy atom. The van der Waals surface area contributed by atoms with Gasteiger partial charge in [-0.05, 0) is 36.2 Å². The molecule has 2 rings (SSSR count). The second kappa shape index (κ2) is 8.50. The molecule has 2 aromatic rings. The summed E-state index contributed by atoms with van der Waals surface area (Å²) in [5.74, 6) is 0.299. The average molecular weight is 335 g/mol. The SMILES string of the molecule is COc1cccc(C(=O)NC[C@@H](CO)Cc2ccncc2Cl)c1. The molecule has 1 amide bonds. The fourth-order valence-electron chi connectivity index (χ4n) is 2.19. The largest absolute Gasteiger partial charge is 0.497 e. The number of methoxy groups -OCH3 is 1. The third kappa shape index (κ3) is 4.94. The van der Waals surface area contributed by atoms with Gasteiger partial charge in [0.05, 0.1) is 12.1 Å². The third-order valence-electron chi connectivity index (χ3n) is 3.51. The van der Waals surface area contributed by atoms with Gasteiger partial charge in [0.1, 0.15) is 5.75 Å². The second-order valence-corrected chi connectivity index (χ2v) is 5.57. The van der Waals surface area contributed by atoms with Crippen molar-refractivity contribution in [3.63, 3.8) is 0 Å². The van der Waals surface area contributed by atoms with Crippen molar-refractivity contribution in [2.45, 2.75) is 6.42 Å². The van der Waals surface area contributed by atoms with Crippen molar-refractivity contribution in [3.8, 4) is 5.75 Å². The normalized spacial score (nSPS) is 11.8. The maximum Gasteiger partial charge on any atom is 0.251 e. The lowest BCUT2D eigenvalue weighted by molar-refractivity contribution is 0.0939. The number of carbonyl (C=O) groups excluding carboxylic acids is 1. The summed E-state index contributed by atoms with van der Waals surface area (Å²) >= 11 is 6.07. The lowest BCUT2D eigenvalue weighted by atomic mass is 10.0. The summed E-state index contributed by atoms with van der Waals surface area (Å²) in [6.07, 6.45) is 3.79. The number of nitrogens with one attached hydrogen (secondary N) is 1. The Morgan fingerprint density at radius 2 is 2.26 bits per heavy atom. The van der Waals surface area contributed by atoms with Crippen molar-refractivity contribution >= 4 is 17.5 Å². The molecule has 0 fully saturated rings. The van der Waals surface area contributed by atoms with E-state index in [0.29, 0.717) is 29.3 Å². The van der Waals surface area contributed by atoms with E-state index in [1.54, 1.807) is 43.8 Å². The van der Waals surface area contributed by atoms with Crippen LogP contribution < -0.4 is 10.1 Å². The van der Waals surface area contributed by atoms with E-state index in [4.69, 9.17) is 16.3 Å². The molecule has 1 aromatic heterocycles. The highest BCUT2D eigenvalue weighted by Crippen LogP contribution is 2.17. The number of aliphatic hydroxyl groups is 1. The molecule has 0 saturated carbocycles. The van der Waals surface area contributed by atoms with Crippen molar-refractivity contribution in [2.75, 3.05) is 20.3 Å². The van der Waals surface area contributed by atoms with E-state index in [2.05, 4.69) is 10.3 Å². The molecule has 1 heterocycles. The molecule has 0 aliphatic carbocycles. The van der Waals surface area contributed by atoms with Gasteiger partial charge in [-0.15, -0.1) is 0 Å². The van der Waals surface area contributed by atoms with E-state index in [1.807, 2.05) is 6.07 Å². The van der Waals surface area contributed by atoms with Gasteiger partial charge in [0, 0.05) is 37.0 Å². The highest BCUT2D eigenvalue weighted by molar-refractivity contribution is 6.31. The highest BCUT2D eigenvalue weighted by Gasteiger charge is 2.13. The minimum atomic E-state index is -0.205. The fraction of sp³-hybridized carbons (Fsp3) is 0.294. The molecular weight excluding hydrogens is 316 g/mol. The number of nitrogens with zero attached hydrogens (tertiary/aromatic N) is 1. The van der Waals surface area contributed by atoms with Crippen LogP contribution in [0.25, 0.3) is 0 Å². The van der Waals surface area contributed by atoms with Crippen LogP contribution in [-0.2, 0) is 6.42 Å². The predicted octanol–water partition coefficient (Wildman–Crippen LogP) is 2.32. The van der Waals surface area contributed by atoms with E-state index in [1.165, 1.54) is 0 Å². The molecule has 0 aliphatic heterocycles. The number of rotatable bonds is 7. The summed E-state index contributed by atoms with van der Waals surface area (Å²) in [6, 6.07) is 8.73. The molecule has 5 nitrogen and oxygen atoms in total. The van der Waals surface area contributed by atoms with Gasteiger partial charge in [-0.2, -0.15) is 0 Å². The van der Waals surface area contributed by atoms with Crippen LogP contribution in [0.3, 0.4) is 0 Å². The van der Waals surface area contributed by atoms with Crippen LogP contribution in [0.15, 0.2) is 42.7 Å². The highest BCUT2D eigenvalue weighted by atomic mass is 35.5. The Hall–Kier alpha value is -2.11. The van der Waals surface area contributed by atoms with Gasteiger partial charge < -0.3 is 15.2 Å². The Balaban J connectivity index is 1.94. The van der Waals surface area contributed by atoms with Gasteiger partial charge >= 0.3 is 0 Å². The van der Waals surface area contributed by atoms with Crippen LogP contribution in [0.5, 0.6) is 5.75 Å². The monoisotopic (exact) mass is 334 g/mol. The predicted molar refractivity (Wildman–Crippen MR) is 88.9 cm³/mol. The minimum Gasteiger partial charge on any atom is -0.497 e. The van der Waals surface area contributed by atoms with E-state index >= 15 is 0 Å². The van der Waals surface area contributed by atoms with Crippen LogP contribution >= 0.6 is 11.6 Å². The number of aromatic nitrogens is 1. The second-order valence-electron chi connectivity index (χ2n) is 5.16. The van der Waals surface area contributed by atoms with Crippen LogP contribution in [0.2, 0.25) is 5.02 Å². The molecule has 6 heteroatoms. The summed E-state index contributed by atoms with van der Waals surface area (Å²) in [6.45, 7) is 0.308. The van der Waals surface area contributed by atoms with Crippen LogP contribution in [-0.4, -0.2) is 36.3 Å². The summed E-state index contributed by atoms with van der Waals surface area (Å²) < 4.78 is 5.10. The van der Waals surface area contributed by atoms with Gasteiger partial charge in [-0.1, -0.05) is 17.7 Å². The molecule has 0 saturated heterocycles. The number of hydrogen-bond acceptors (Lipinski definition) is 4. The number of ether oxygens (including phenoxy) is 1. The first-order valence-electron chi connectivity index (χ1n) is 7.25. The molecule has 0 radical (unpaired) electrons. The summed E-state index contributed by atoms with van der Waals surface area (Å²) in [4.78, 5) is 16.1. The van der Waals surface area contributed by atoms with E-state index in [0.717, 1.165) is 5.56 Å². The van der Waals surface area contributed by atoms with E-state index in [-0.39, 0.29) is 18.4 Å². The number of hydrogen-bond donors (Lipinski definition) is 2. The van der Waals surface area contributed by atoms with Gasteiger partial charge in [-0.25, -0.2) is 0 Å². The van der Waals surface area contributed by atoms with Crippen molar-refractivity contribution in [1.82, 2.24) is 10.3 Å². The molecule has 0 aliphatic rings. The molecule has 1 aromatic carbocycles. The Labute approximate surface area is 140 Å². The van der Waals surface area contributed by atoms with Gasteiger partial charge in [0.25, 0.3) is 5.91 Å². The number of amides is 1. The van der Waals surface area contributed by atoms with Crippen molar-refractivity contribution in [1.29, 1.82) is 0 Å². The number of aliphatic hydroxyl groups excluding tert-OH is 1. The average Bonchev–Trinajstić information content (AvgIpc) is 2.59. The lowest BCUT2D eigenvalue weighted by Gasteiger charge is -2.16. The zero-order valence-electron chi connectivity index (χ0n) is 12.8. The van der Waals surface area contributed by atoms with Crippen LogP contribution in [0.4, 0.5) is 0 Å². The molecule has 0 unspecified atom stereocenters. The molecule has 122 valence electrons.